The number of aryl methyl sites for hydroxylation is 1. The summed E-state index contributed by atoms with van der Waals surface area (Å²) in [6, 6.07) is 3.88. The van der Waals surface area contributed by atoms with Gasteiger partial charge in [0.15, 0.2) is 0 Å². The Morgan fingerprint density at radius 2 is 1.78 bits per heavy atom. The Labute approximate surface area is 180 Å². The van der Waals surface area contributed by atoms with E-state index in [1.54, 1.807) is 0 Å². The van der Waals surface area contributed by atoms with Gasteiger partial charge in [0.25, 0.3) is 0 Å². The maximum atomic E-state index is 12.7. The quantitative estimate of drug-likeness (QED) is 0.438. The Hall–Kier alpha value is -3.20. The fraction of sp³-hybridized carbons (Fsp3) is 0.412. The van der Waals surface area contributed by atoms with Gasteiger partial charge in [-0.25, -0.2) is 8.42 Å². The van der Waals surface area contributed by atoms with Gasteiger partial charge in [-0.2, -0.15) is 9.40 Å². The van der Waals surface area contributed by atoms with Gasteiger partial charge in [-0.1, -0.05) is 0 Å². The lowest BCUT2D eigenvalue weighted by molar-refractivity contribution is -0.385. The van der Waals surface area contributed by atoms with Crippen molar-refractivity contribution in [3.63, 3.8) is 0 Å². The van der Waals surface area contributed by atoms with E-state index in [4.69, 9.17) is 0 Å². The molecule has 0 spiro atoms. The van der Waals surface area contributed by atoms with Crippen molar-refractivity contribution in [2.45, 2.75) is 24.2 Å². The van der Waals surface area contributed by atoms with Crippen LogP contribution in [0.4, 0.5) is 18.9 Å². The number of hydrogen-bond donors (Lipinski definition) is 0. The minimum atomic E-state index is -4.88. The zero-order valence-electron chi connectivity index (χ0n) is 16.4. The van der Waals surface area contributed by atoms with Crippen molar-refractivity contribution < 1.29 is 36.0 Å². The number of aromatic nitrogens is 2. The molecule has 1 fully saturated rings. The van der Waals surface area contributed by atoms with E-state index >= 15 is 0 Å². The molecule has 32 heavy (non-hydrogen) atoms. The molecule has 174 valence electrons. The fourth-order valence-electron chi connectivity index (χ4n) is 3.08. The summed E-state index contributed by atoms with van der Waals surface area (Å²) in [4.78, 5) is 23.7. The maximum Gasteiger partial charge on any atom is 0.573 e. The van der Waals surface area contributed by atoms with Crippen LogP contribution in [-0.4, -0.2) is 70.8 Å². The third kappa shape index (κ3) is 5.73. The van der Waals surface area contributed by atoms with Gasteiger partial charge in [0, 0.05) is 39.1 Å². The minimum absolute atomic E-state index is 0.0160. The van der Waals surface area contributed by atoms with E-state index in [-0.39, 0.29) is 55.6 Å². The Kier molecular flexibility index (Phi) is 6.68. The van der Waals surface area contributed by atoms with Gasteiger partial charge in [-0.15, -0.1) is 13.2 Å². The highest BCUT2D eigenvalue weighted by Gasteiger charge is 2.32. The number of hydrogen-bond acceptors (Lipinski definition) is 7. The molecule has 0 bridgehead atoms. The van der Waals surface area contributed by atoms with Gasteiger partial charge in [0.2, 0.25) is 15.9 Å². The van der Waals surface area contributed by atoms with Crippen molar-refractivity contribution in [3.8, 4) is 5.75 Å². The number of sulfonamides is 1. The van der Waals surface area contributed by atoms with Crippen LogP contribution >= 0.6 is 0 Å². The van der Waals surface area contributed by atoms with Crippen LogP contribution in [0.15, 0.2) is 41.6 Å². The van der Waals surface area contributed by atoms with Crippen molar-refractivity contribution in [1.29, 1.82) is 0 Å². The van der Waals surface area contributed by atoms with E-state index in [1.165, 1.54) is 15.8 Å². The van der Waals surface area contributed by atoms with E-state index in [9.17, 15) is 36.5 Å². The monoisotopic (exact) mass is 477 g/mol. The highest BCUT2D eigenvalue weighted by molar-refractivity contribution is 7.89. The fourth-order valence-corrected chi connectivity index (χ4v) is 4.50. The molecule has 2 heterocycles. The largest absolute Gasteiger partial charge is 0.573 e. The third-order valence-electron chi connectivity index (χ3n) is 4.67. The average molecular weight is 477 g/mol. The molecule has 1 aliphatic rings. The Balaban J connectivity index is 1.53. The molecular formula is C17H18F3N5O6S. The maximum absolute atomic E-state index is 12.7. The molecule has 11 nitrogen and oxygen atoms in total. The van der Waals surface area contributed by atoms with E-state index in [0.29, 0.717) is 0 Å². The molecule has 0 radical (unpaired) electrons. The molecule has 15 heteroatoms. The van der Waals surface area contributed by atoms with Crippen molar-refractivity contribution in [2.24, 2.45) is 0 Å². The number of benzene rings is 1. The molecule has 0 N–H and O–H groups in total. The summed E-state index contributed by atoms with van der Waals surface area (Å²) >= 11 is 0. The molecule has 0 atom stereocenters. The van der Waals surface area contributed by atoms with E-state index < -0.39 is 27.1 Å². The van der Waals surface area contributed by atoms with Crippen LogP contribution in [0.2, 0.25) is 0 Å². The van der Waals surface area contributed by atoms with E-state index in [0.717, 1.165) is 34.8 Å². The van der Waals surface area contributed by atoms with Crippen molar-refractivity contribution in [2.75, 3.05) is 26.2 Å². The standard InChI is InChI=1S/C17H18F3N5O6S/c18-17(19,20)31-14-1-3-15(4-2-14)32(29,30)24-9-7-22(8-10-24)16(26)5-6-23-12-13(11-21-23)25(27)28/h1-4,11-12H,5-10H2. The number of rotatable bonds is 7. The van der Waals surface area contributed by atoms with Crippen molar-refractivity contribution in [1.82, 2.24) is 19.0 Å². The Morgan fingerprint density at radius 1 is 1.16 bits per heavy atom. The number of carbonyl (C=O) groups excluding carboxylic acids is 1. The second-order valence-corrected chi connectivity index (χ2v) is 8.71. The van der Waals surface area contributed by atoms with Gasteiger partial charge in [-0.3, -0.25) is 19.6 Å². The molecule has 3 rings (SSSR count). The summed E-state index contributed by atoms with van der Waals surface area (Å²) in [6.45, 7) is 0.431. The average Bonchev–Trinajstić information content (AvgIpc) is 3.21. The lowest BCUT2D eigenvalue weighted by atomic mass is 10.3. The van der Waals surface area contributed by atoms with E-state index in [1.807, 2.05) is 0 Å². The van der Waals surface area contributed by atoms with Crippen LogP contribution in [0.3, 0.4) is 0 Å². The van der Waals surface area contributed by atoms with Crippen LogP contribution in [0.25, 0.3) is 0 Å². The molecule has 1 aliphatic heterocycles. The molecule has 1 aromatic carbocycles. The zero-order chi connectivity index (χ0) is 23.5. The number of alkyl halides is 3. The summed E-state index contributed by atoms with van der Waals surface area (Å²) in [7, 11) is -3.95. The predicted octanol–water partition coefficient (Wildman–Crippen LogP) is 1.61. The first-order chi connectivity index (χ1) is 15.0. The van der Waals surface area contributed by atoms with Gasteiger partial charge in [-0.05, 0) is 24.3 Å². The molecule has 0 saturated carbocycles. The molecular weight excluding hydrogens is 459 g/mol. The molecule has 1 amide bonds. The molecule has 1 aromatic heterocycles. The second kappa shape index (κ2) is 9.12. The van der Waals surface area contributed by atoms with Gasteiger partial charge < -0.3 is 9.64 Å². The number of halogens is 3. The Bertz CT molecular complexity index is 1080. The van der Waals surface area contributed by atoms with Crippen LogP contribution < -0.4 is 4.74 Å². The molecule has 0 unspecified atom stereocenters. The van der Waals surface area contributed by atoms with E-state index in [2.05, 4.69) is 9.84 Å². The highest BCUT2D eigenvalue weighted by Crippen LogP contribution is 2.25. The number of piperazine rings is 1. The van der Waals surface area contributed by atoms with Crippen LogP contribution in [-0.2, 0) is 21.4 Å². The number of carbonyl (C=O) groups is 1. The van der Waals surface area contributed by atoms with Crippen molar-refractivity contribution in [3.05, 3.63) is 46.8 Å². The topological polar surface area (TPSA) is 128 Å². The van der Waals surface area contributed by atoms with Crippen LogP contribution in [0, 0.1) is 10.1 Å². The molecule has 0 aliphatic carbocycles. The first-order valence-electron chi connectivity index (χ1n) is 9.26. The van der Waals surface area contributed by atoms with Gasteiger partial charge >= 0.3 is 12.0 Å². The number of nitrogens with zero attached hydrogens (tertiary/aromatic N) is 5. The van der Waals surface area contributed by atoms with Crippen molar-refractivity contribution >= 4 is 21.6 Å². The number of nitro groups is 1. The minimum Gasteiger partial charge on any atom is -0.406 e. The smallest absolute Gasteiger partial charge is 0.406 e. The molecule has 2 aromatic rings. The highest BCUT2D eigenvalue weighted by atomic mass is 32.2. The third-order valence-corrected chi connectivity index (χ3v) is 6.58. The predicted molar refractivity (Wildman–Crippen MR) is 102 cm³/mol. The summed E-state index contributed by atoms with van der Waals surface area (Å²) in [5.74, 6) is -0.789. The summed E-state index contributed by atoms with van der Waals surface area (Å²) < 4.78 is 68.3. The summed E-state index contributed by atoms with van der Waals surface area (Å²) in [5, 5.41) is 14.5. The number of ether oxygens (including phenoxy) is 1. The second-order valence-electron chi connectivity index (χ2n) is 6.77. The Morgan fingerprint density at radius 3 is 2.31 bits per heavy atom. The summed E-state index contributed by atoms with van der Waals surface area (Å²) in [5.41, 5.74) is -0.186. The van der Waals surface area contributed by atoms with Crippen LogP contribution in [0.1, 0.15) is 6.42 Å². The first kappa shape index (κ1) is 23.5. The van der Waals surface area contributed by atoms with Gasteiger partial charge in [0.1, 0.15) is 18.1 Å². The number of amides is 1. The normalized spacial score (nSPS) is 15.5. The SMILES string of the molecule is O=C(CCn1cc([N+](=O)[O-])cn1)N1CCN(S(=O)(=O)c2ccc(OC(F)(F)F)cc2)CC1. The summed E-state index contributed by atoms with van der Waals surface area (Å²) in [6.07, 6.45) is -2.56. The lowest BCUT2D eigenvalue weighted by Crippen LogP contribution is -2.50. The molecule has 1 saturated heterocycles. The van der Waals surface area contributed by atoms with Gasteiger partial charge in [0.05, 0.1) is 9.82 Å². The zero-order valence-corrected chi connectivity index (χ0v) is 17.3. The first-order valence-corrected chi connectivity index (χ1v) is 10.7. The van der Waals surface area contributed by atoms with Crippen LogP contribution in [0.5, 0.6) is 5.75 Å². The lowest BCUT2D eigenvalue weighted by Gasteiger charge is -2.34.